The number of esters is 1. The zero-order chi connectivity index (χ0) is 17.6. The van der Waals surface area contributed by atoms with Crippen molar-refractivity contribution in [2.75, 3.05) is 0 Å². The molecule has 3 aromatic rings. The van der Waals surface area contributed by atoms with Crippen molar-refractivity contribution in [3.63, 3.8) is 0 Å². The third-order valence-electron chi connectivity index (χ3n) is 4.23. The molecule has 0 bridgehead atoms. The van der Waals surface area contributed by atoms with Gasteiger partial charge in [-0.3, -0.25) is 9.59 Å². The molecule has 4 heteroatoms. The van der Waals surface area contributed by atoms with Crippen LogP contribution in [0.25, 0.3) is 10.9 Å². The van der Waals surface area contributed by atoms with Gasteiger partial charge in [-0.2, -0.15) is 0 Å². The predicted molar refractivity (Wildman–Crippen MR) is 98.0 cm³/mol. The van der Waals surface area contributed by atoms with E-state index in [0.717, 1.165) is 43.0 Å². The molecule has 0 aliphatic carbocycles. The highest BCUT2D eigenvalue weighted by Crippen LogP contribution is 2.26. The number of hydrogen-bond acceptors (Lipinski definition) is 3. The number of aldehydes is 1. The molecule has 1 heterocycles. The molecule has 0 aliphatic rings. The number of carbonyl (C=O) groups is 2. The Kier molecular flexibility index (Phi) is 5.29. The van der Waals surface area contributed by atoms with Crippen LogP contribution in [0, 0.1) is 0 Å². The van der Waals surface area contributed by atoms with Gasteiger partial charge in [-0.05, 0) is 43.0 Å². The summed E-state index contributed by atoms with van der Waals surface area (Å²) in [5, 5.41) is 0.816. The van der Waals surface area contributed by atoms with Crippen LogP contribution in [0.2, 0.25) is 0 Å². The largest absolute Gasteiger partial charge is 0.427 e. The maximum Gasteiger partial charge on any atom is 0.308 e. The topological polar surface area (TPSA) is 48.3 Å². The van der Waals surface area contributed by atoms with E-state index in [4.69, 9.17) is 4.74 Å². The number of carbonyl (C=O) groups excluding carboxylic acids is 2. The molecule has 1 aromatic heterocycles. The molecule has 0 aliphatic heterocycles. The molecule has 3 rings (SSSR count). The van der Waals surface area contributed by atoms with E-state index in [2.05, 4.69) is 28.8 Å². The number of hydrogen-bond donors (Lipinski definition) is 0. The fourth-order valence-electron chi connectivity index (χ4n) is 3.07. The Labute approximate surface area is 147 Å². The van der Waals surface area contributed by atoms with E-state index in [0.29, 0.717) is 11.3 Å². The van der Waals surface area contributed by atoms with Gasteiger partial charge in [0.25, 0.3) is 0 Å². The Bertz CT molecular complexity index is 881. The highest BCUT2D eigenvalue weighted by Gasteiger charge is 2.10. The summed E-state index contributed by atoms with van der Waals surface area (Å²) in [5.74, 6) is 0.0947. The summed E-state index contributed by atoms with van der Waals surface area (Å²) in [7, 11) is 0. The van der Waals surface area contributed by atoms with Crippen LogP contribution >= 0.6 is 0 Å². The van der Waals surface area contributed by atoms with Crippen molar-refractivity contribution < 1.29 is 14.3 Å². The lowest BCUT2D eigenvalue weighted by molar-refractivity contribution is -0.131. The maximum atomic E-state index is 11.4. The number of benzene rings is 2. The van der Waals surface area contributed by atoms with Crippen LogP contribution in [0.3, 0.4) is 0 Å². The molecular formula is C21H21NO3. The van der Waals surface area contributed by atoms with Crippen molar-refractivity contribution in [2.45, 2.75) is 32.7 Å². The van der Waals surface area contributed by atoms with Gasteiger partial charge < -0.3 is 9.30 Å². The summed E-state index contributed by atoms with van der Waals surface area (Å²) in [6.07, 6.45) is 5.89. The molecule has 0 atom stereocenters. The number of aromatic nitrogens is 1. The number of rotatable bonds is 7. The number of ether oxygens (including phenoxy) is 1. The minimum Gasteiger partial charge on any atom is -0.427 e. The van der Waals surface area contributed by atoms with Gasteiger partial charge in [0.05, 0.1) is 0 Å². The van der Waals surface area contributed by atoms with E-state index < -0.39 is 0 Å². The number of nitrogens with zero attached hydrogens (tertiary/aromatic N) is 1. The van der Waals surface area contributed by atoms with Gasteiger partial charge in [-0.1, -0.05) is 30.3 Å². The SMILES string of the molecule is CC(=O)Oc1ccc2c(c1)c(C=O)cn2CCCCc1ccccc1. The molecular weight excluding hydrogens is 314 g/mol. The summed E-state index contributed by atoms with van der Waals surface area (Å²) < 4.78 is 7.21. The van der Waals surface area contributed by atoms with Crippen LogP contribution in [-0.4, -0.2) is 16.8 Å². The van der Waals surface area contributed by atoms with Gasteiger partial charge in [0.2, 0.25) is 0 Å². The van der Waals surface area contributed by atoms with E-state index in [1.54, 1.807) is 12.1 Å². The van der Waals surface area contributed by atoms with Gasteiger partial charge in [-0.25, -0.2) is 0 Å². The Balaban J connectivity index is 1.70. The standard InChI is InChI=1S/C21H21NO3/c1-16(24)25-19-10-11-21-20(13-19)18(15-23)14-22(21)12-6-5-9-17-7-3-2-4-8-17/h2-4,7-8,10-11,13-15H,5-6,9,12H2,1H3. The molecule has 4 nitrogen and oxygen atoms in total. The van der Waals surface area contributed by atoms with E-state index >= 15 is 0 Å². The maximum absolute atomic E-state index is 11.4. The predicted octanol–water partition coefficient (Wildman–Crippen LogP) is 4.40. The van der Waals surface area contributed by atoms with Gasteiger partial charge in [0, 0.05) is 36.1 Å². The molecule has 0 N–H and O–H groups in total. The third kappa shape index (κ3) is 4.15. The number of aryl methyl sites for hydroxylation is 2. The van der Waals surface area contributed by atoms with Crippen molar-refractivity contribution in [1.82, 2.24) is 4.57 Å². The highest BCUT2D eigenvalue weighted by molar-refractivity contribution is 5.98. The summed E-state index contributed by atoms with van der Waals surface area (Å²) in [4.78, 5) is 22.5. The van der Waals surface area contributed by atoms with Gasteiger partial charge in [-0.15, -0.1) is 0 Å². The fraction of sp³-hybridized carbons (Fsp3) is 0.238. The lowest BCUT2D eigenvalue weighted by atomic mass is 10.1. The van der Waals surface area contributed by atoms with E-state index in [1.807, 2.05) is 18.3 Å². The summed E-state index contributed by atoms with van der Waals surface area (Å²) in [5.41, 5.74) is 2.95. The molecule has 0 saturated heterocycles. The van der Waals surface area contributed by atoms with Crippen LogP contribution in [0.4, 0.5) is 0 Å². The molecule has 0 spiro atoms. The zero-order valence-electron chi connectivity index (χ0n) is 14.3. The van der Waals surface area contributed by atoms with Crippen LogP contribution in [0.1, 0.15) is 35.7 Å². The number of fused-ring (bicyclic) bond motifs is 1. The van der Waals surface area contributed by atoms with E-state index in [-0.39, 0.29) is 5.97 Å². The molecule has 25 heavy (non-hydrogen) atoms. The number of unbranched alkanes of at least 4 members (excludes halogenated alkanes) is 1. The fourth-order valence-corrected chi connectivity index (χ4v) is 3.07. The quantitative estimate of drug-likeness (QED) is 0.278. The Morgan fingerprint density at radius 3 is 2.64 bits per heavy atom. The average Bonchev–Trinajstić information content (AvgIpc) is 2.96. The second-order valence-electron chi connectivity index (χ2n) is 6.11. The molecule has 0 saturated carbocycles. The summed E-state index contributed by atoms with van der Waals surface area (Å²) in [6.45, 7) is 2.22. The smallest absolute Gasteiger partial charge is 0.308 e. The normalized spacial score (nSPS) is 10.8. The van der Waals surface area contributed by atoms with Crippen molar-refractivity contribution in [2.24, 2.45) is 0 Å². The van der Waals surface area contributed by atoms with Crippen molar-refractivity contribution in [3.05, 3.63) is 65.9 Å². The van der Waals surface area contributed by atoms with E-state index in [9.17, 15) is 9.59 Å². The molecule has 0 fully saturated rings. The van der Waals surface area contributed by atoms with Crippen LogP contribution in [0.5, 0.6) is 5.75 Å². The summed E-state index contributed by atoms with van der Waals surface area (Å²) >= 11 is 0. The Hall–Kier alpha value is -2.88. The first kappa shape index (κ1) is 17.0. The first-order chi connectivity index (χ1) is 12.2. The molecule has 0 radical (unpaired) electrons. The highest BCUT2D eigenvalue weighted by atomic mass is 16.5. The lowest BCUT2D eigenvalue weighted by Gasteiger charge is -2.07. The van der Waals surface area contributed by atoms with Crippen LogP contribution < -0.4 is 4.74 Å². The monoisotopic (exact) mass is 335 g/mol. The molecule has 0 amide bonds. The van der Waals surface area contributed by atoms with Gasteiger partial charge in [0.1, 0.15) is 5.75 Å². The van der Waals surface area contributed by atoms with E-state index in [1.165, 1.54) is 12.5 Å². The first-order valence-electron chi connectivity index (χ1n) is 8.48. The van der Waals surface area contributed by atoms with Crippen LogP contribution in [-0.2, 0) is 17.8 Å². The van der Waals surface area contributed by atoms with Gasteiger partial charge >= 0.3 is 5.97 Å². The first-order valence-corrected chi connectivity index (χ1v) is 8.48. The molecule has 2 aromatic carbocycles. The Morgan fingerprint density at radius 1 is 1.12 bits per heavy atom. The van der Waals surface area contributed by atoms with Crippen molar-refractivity contribution >= 4 is 23.2 Å². The zero-order valence-corrected chi connectivity index (χ0v) is 14.3. The lowest BCUT2D eigenvalue weighted by Crippen LogP contribution is -2.01. The summed E-state index contributed by atoms with van der Waals surface area (Å²) in [6, 6.07) is 15.9. The molecule has 0 unspecified atom stereocenters. The average molecular weight is 335 g/mol. The van der Waals surface area contributed by atoms with Crippen molar-refractivity contribution in [1.29, 1.82) is 0 Å². The Morgan fingerprint density at radius 2 is 1.92 bits per heavy atom. The third-order valence-corrected chi connectivity index (χ3v) is 4.23. The second-order valence-corrected chi connectivity index (χ2v) is 6.11. The minimum atomic E-state index is -0.368. The molecule has 128 valence electrons. The second kappa shape index (κ2) is 7.79. The van der Waals surface area contributed by atoms with Gasteiger partial charge in [0.15, 0.2) is 6.29 Å². The van der Waals surface area contributed by atoms with Crippen molar-refractivity contribution in [3.8, 4) is 5.75 Å². The minimum absolute atomic E-state index is 0.368. The van der Waals surface area contributed by atoms with Crippen LogP contribution in [0.15, 0.2) is 54.7 Å².